The summed E-state index contributed by atoms with van der Waals surface area (Å²) in [5.74, 6) is -0.881. The van der Waals surface area contributed by atoms with Crippen molar-refractivity contribution in [3.63, 3.8) is 0 Å². The first kappa shape index (κ1) is 10.1. The molecule has 0 radical (unpaired) electrons. The second-order valence-electron chi connectivity index (χ2n) is 2.48. The average Bonchev–Trinajstić information content (AvgIpc) is 1.82. The van der Waals surface area contributed by atoms with E-state index in [1.165, 1.54) is 6.92 Å². The van der Waals surface area contributed by atoms with Gasteiger partial charge in [0.15, 0.2) is 0 Å². The van der Waals surface area contributed by atoms with E-state index in [-0.39, 0.29) is 18.3 Å². The van der Waals surface area contributed by atoms with Gasteiger partial charge in [0.1, 0.15) is 12.2 Å². The van der Waals surface area contributed by atoms with Crippen LogP contribution >= 0.6 is 0 Å². The van der Waals surface area contributed by atoms with E-state index in [4.69, 9.17) is 0 Å². The molecule has 0 saturated carbocycles. The van der Waals surface area contributed by atoms with Gasteiger partial charge in [-0.1, -0.05) is 0 Å². The smallest absolute Gasteiger partial charge is 0.299 e. The van der Waals surface area contributed by atoms with Crippen LogP contribution in [0.15, 0.2) is 0 Å². The highest BCUT2D eigenvalue weighted by molar-refractivity contribution is 5.93. The van der Waals surface area contributed by atoms with E-state index in [0.29, 0.717) is 0 Å². The van der Waals surface area contributed by atoms with Crippen LogP contribution < -0.4 is 0 Å². The molecule has 4 heteroatoms. The lowest BCUT2D eigenvalue weighted by atomic mass is 10.3. The quantitative estimate of drug-likeness (QED) is 0.347. The Morgan fingerprint density at radius 1 is 1.36 bits per heavy atom. The third kappa shape index (κ3) is 6.99. The second kappa shape index (κ2) is 4.85. The van der Waals surface area contributed by atoms with Crippen molar-refractivity contribution in [2.24, 2.45) is 0 Å². The van der Waals surface area contributed by atoms with E-state index in [2.05, 4.69) is 9.78 Å². The van der Waals surface area contributed by atoms with Crippen LogP contribution in [0, 0.1) is 0 Å². The molecule has 11 heavy (non-hydrogen) atoms. The van der Waals surface area contributed by atoms with E-state index in [0.717, 1.165) is 0 Å². The molecule has 0 unspecified atom stereocenters. The van der Waals surface area contributed by atoms with Gasteiger partial charge in [0.25, 0.3) is 0 Å². The van der Waals surface area contributed by atoms with E-state index in [1.807, 2.05) is 0 Å². The average molecular weight is 160 g/mol. The Labute approximate surface area is 65.4 Å². The van der Waals surface area contributed by atoms with Gasteiger partial charge < -0.3 is 0 Å². The zero-order chi connectivity index (χ0) is 8.85. The largest absolute Gasteiger partial charge is 0.349 e. The van der Waals surface area contributed by atoms with Gasteiger partial charge in [0, 0.05) is 0 Å². The molecular weight excluding hydrogens is 148 g/mol. The Morgan fingerprint density at radius 3 is 2.27 bits per heavy atom. The van der Waals surface area contributed by atoms with Gasteiger partial charge >= 0.3 is 5.97 Å². The van der Waals surface area contributed by atoms with E-state index >= 15 is 0 Å². The summed E-state index contributed by atoms with van der Waals surface area (Å²) in [7, 11) is 0. The summed E-state index contributed by atoms with van der Waals surface area (Å²) < 4.78 is 0. The van der Waals surface area contributed by atoms with Crippen molar-refractivity contribution in [2.45, 2.75) is 33.3 Å². The Hall–Kier alpha value is -0.900. The molecule has 0 heterocycles. The van der Waals surface area contributed by atoms with Crippen LogP contribution in [0.25, 0.3) is 0 Å². The SMILES string of the molecule is CC(=O)CC(=O)OOC(C)C. The van der Waals surface area contributed by atoms with E-state index in [9.17, 15) is 9.59 Å². The molecule has 0 N–H and O–H groups in total. The van der Waals surface area contributed by atoms with Crippen molar-refractivity contribution in [1.29, 1.82) is 0 Å². The summed E-state index contributed by atoms with van der Waals surface area (Å²) in [5, 5.41) is 0. The molecule has 0 aromatic heterocycles. The lowest BCUT2D eigenvalue weighted by Crippen LogP contribution is -2.12. The minimum Gasteiger partial charge on any atom is -0.299 e. The third-order valence-electron chi connectivity index (χ3n) is 0.727. The molecule has 0 atom stereocenters. The van der Waals surface area contributed by atoms with Gasteiger partial charge in [-0.05, 0) is 20.8 Å². The van der Waals surface area contributed by atoms with Crippen molar-refractivity contribution < 1.29 is 19.4 Å². The summed E-state index contributed by atoms with van der Waals surface area (Å²) in [5.41, 5.74) is 0. The fourth-order valence-corrected chi connectivity index (χ4v) is 0.383. The number of rotatable bonds is 4. The van der Waals surface area contributed by atoms with Crippen LogP contribution in [0.5, 0.6) is 0 Å². The maximum absolute atomic E-state index is 10.6. The van der Waals surface area contributed by atoms with Crippen LogP contribution in [-0.4, -0.2) is 17.9 Å². The molecule has 0 aromatic carbocycles. The first-order chi connectivity index (χ1) is 5.02. The van der Waals surface area contributed by atoms with Crippen molar-refractivity contribution in [3.05, 3.63) is 0 Å². The third-order valence-corrected chi connectivity index (χ3v) is 0.727. The number of carbonyl (C=O) groups excluding carboxylic acids is 2. The Morgan fingerprint density at radius 2 is 1.91 bits per heavy atom. The van der Waals surface area contributed by atoms with Crippen LogP contribution in [0.3, 0.4) is 0 Å². The minimum absolute atomic E-state index is 0.175. The Kier molecular flexibility index (Phi) is 4.45. The number of carbonyl (C=O) groups is 2. The second-order valence-corrected chi connectivity index (χ2v) is 2.48. The lowest BCUT2D eigenvalue weighted by Gasteiger charge is -2.04. The van der Waals surface area contributed by atoms with Crippen LogP contribution in [0.2, 0.25) is 0 Å². The topological polar surface area (TPSA) is 52.6 Å². The minimum atomic E-state index is -0.647. The molecule has 0 aliphatic carbocycles. The fraction of sp³-hybridized carbons (Fsp3) is 0.714. The maximum Gasteiger partial charge on any atom is 0.349 e. The van der Waals surface area contributed by atoms with Crippen molar-refractivity contribution in [1.82, 2.24) is 0 Å². The van der Waals surface area contributed by atoms with Crippen molar-refractivity contribution in [3.8, 4) is 0 Å². The molecule has 0 aromatic rings. The van der Waals surface area contributed by atoms with Gasteiger partial charge in [0.05, 0.1) is 6.10 Å². The van der Waals surface area contributed by atoms with E-state index < -0.39 is 5.97 Å². The molecule has 0 bridgehead atoms. The molecule has 0 rings (SSSR count). The van der Waals surface area contributed by atoms with Gasteiger partial charge in [-0.25, -0.2) is 4.79 Å². The Bertz CT molecular complexity index is 151. The monoisotopic (exact) mass is 160 g/mol. The van der Waals surface area contributed by atoms with Gasteiger partial charge in [-0.2, -0.15) is 4.89 Å². The highest BCUT2D eigenvalue weighted by Gasteiger charge is 2.07. The zero-order valence-corrected chi connectivity index (χ0v) is 6.92. The van der Waals surface area contributed by atoms with Gasteiger partial charge in [0.2, 0.25) is 0 Å². The molecule has 0 fully saturated rings. The maximum atomic E-state index is 10.6. The fourth-order valence-electron chi connectivity index (χ4n) is 0.383. The predicted octanol–water partition coefficient (Wildman–Crippen LogP) is 0.849. The van der Waals surface area contributed by atoms with Crippen molar-refractivity contribution >= 4 is 11.8 Å². The Balaban J connectivity index is 3.46. The summed E-state index contributed by atoms with van der Waals surface area (Å²) in [6, 6.07) is 0. The van der Waals surface area contributed by atoms with Gasteiger partial charge in [-0.15, -0.1) is 0 Å². The van der Waals surface area contributed by atoms with Crippen LogP contribution in [-0.2, 0) is 19.4 Å². The predicted molar refractivity (Wildman–Crippen MR) is 37.6 cm³/mol. The van der Waals surface area contributed by atoms with Crippen LogP contribution in [0.1, 0.15) is 27.2 Å². The summed E-state index contributed by atoms with van der Waals surface area (Å²) in [6.07, 6.45) is -0.405. The summed E-state index contributed by atoms with van der Waals surface area (Å²) in [4.78, 5) is 29.7. The lowest BCUT2D eigenvalue weighted by molar-refractivity contribution is -0.290. The molecule has 0 aliphatic rings. The first-order valence-electron chi connectivity index (χ1n) is 3.38. The van der Waals surface area contributed by atoms with Crippen LogP contribution in [0.4, 0.5) is 0 Å². The molecule has 0 saturated heterocycles. The molecule has 4 nitrogen and oxygen atoms in total. The molecule has 0 aliphatic heterocycles. The molecular formula is C7H12O4. The zero-order valence-electron chi connectivity index (χ0n) is 6.92. The summed E-state index contributed by atoms with van der Waals surface area (Å²) in [6.45, 7) is 4.76. The number of Topliss-reactive ketones (excluding diaryl/α,β-unsaturated/α-hetero) is 1. The number of hydrogen-bond acceptors (Lipinski definition) is 4. The highest BCUT2D eigenvalue weighted by atomic mass is 17.2. The highest BCUT2D eigenvalue weighted by Crippen LogP contribution is 1.93. The standard InChI is InChI=1S/C7H12O4/c1-5(2)10-11-7(9)4-6(3)8/h5H,4H2,1-3H3. The number of hydrogen-bond donors (Lipinski definition) is 0. The summed E-state index contributed by atoms with van der Waals surface area (Å²) >= 11 is 0. The van der Waals surface area contributed by atoms with E-state index in [1.54, 1.807) is 13.8 Å². The molecule has 0 amide bonds. The first-order valence-corrected chi connectivity index (χ1v) is 3.38. The molecule has 0 spiro atoms. The van der Waals surface area contributed by atoms with Gasteiger partial charge in [-0.3, -0.25) is 9.68 Å². The van der Waals surface area contributed by atoms with Crippen molar-refractivity contribution in [2.75, 3.05) is 0 Å². The normalized spacial score (nSPS) is 9.82. The number of ketones is 1. The molecule has 64 valence electrons.